The first-order valence-corrected chi connectivity index (χ1v) is 10.6. The molecule has 2 aromatic carbocycles. The number of fused-ring (bicyclic) bond motifs is 2. The number of aryl methyl sites for hydroxylation is 1. The van der Waals surface area contributed by atoms with E-state index in [4.69, 9.17) is 25.7 Å². The second-order valence-corrected chi connectivity index (χ2v) is 8.32. The van der Waals surface area contributed by atoms with Crippen molar-refractivity contribution in [3.05, 3.63) is 98.2 Å². The molecular formula is C25H21ClN2O3. The van der Waals surface area contributed by atoms with Gasteiger partial charge in [-0.25, -0.2) is 4.98 Å². The lowest BCUT2D eigenvalue weighted by Crippen LogP contribution is -2.25. The summed E-state index contributed by atoms with van der Waals surface area (Å²) in [7, 11) is 1.62. The van der Waals surface area contributed by atoms with Gasteiger partial charge in [0.15, 0.2) is 5.43 Å². The van der Waals surface area contributed by atoms with Crippen LogP contribution < -0.4 is 10.2 Å². The molecule has 1 aliphatic rings. The van der Waals surface area contributed by atoms with Gasteiger partial charge in [0.2, 0.25) is 5.88 Å². The van der Waals surface area contributed by atoms with Crippen LogP contribution in [0.1, 0.15) is 40.2 Å². The molecular weight excluding hydrogens is 412 g/mol. The smallest absolute Gasteiger partial charge is 0.219 e. The molecule has 2 unspecified atom stereocenters. The van der Waals surface area contributed by atoms with Crippen LogP contribution in [0.15, 0.2) is 63.8 Å². The Morgan fingerprint density at radius 2 is 1.81 bits per heavy atom. The maximum absolute atomic E-state index is 12.8. The first kappa shape index (κ1) is 19.8. The summed E-state index contributed by atoms with van der Waals surface area (Å²) in [5.41, 5.74) is 3.64. The Kier molecular flexibility index (Phi) is 4.98. The number of halogens is 1. The van der Waals surface area contributed by atoms with E-state index in [9.17, 15) is 4.79 Å². The fourth-order valence-corrected chi connectivity index (χ4v) is 4.67. The van der Waals surface area contributed by atoms with Gasteiger partial charge in [-0.15, -0.1) is 0 Å². The van der Waals surface area contributed by atoms with E-state index in [0.717, 1.165) is 16.8 Å². The minimum absolute atomic E-state index is 0.0374. The minimum atomic E-state index is -0.0637. The highest BCUT2D eigenvalue weighted by Crippen LogP contribution is 2.44. The number of hydrogen-bond donors (Lipinski definition) is 0. The van der Waals surface area contributed by atoms with Crippen LogP contribution in [0.5, 0.6) is 5.88 Å². The van der Waals surface area contributed by atoms with E-state index in [-0.39, 0.29) is 17.3 Å². The van der Waals surface area contributed by atoms with Crippen molar-refractivity contribution in [1.29, 1.82) is 0 Å². The first-order valence-electron chi connectivity index (χ1n) is 10.2. The molecule has 0 saturated heterocycles. The molecule has 2 heterocycles. The molecule has 5 nitrogen and oxygen atoms in total. The molecule has 0 radical (unpaired) electrons. The van der Waals surface area contributed by atoms with Crippen molar-refractivity contribution in [3.8, 4) is 5.88 Å². The second kappa shape index (κ2) is 7.82. The van der Waals surface area contributed by atoms with Crippen molar-refractivity contribution in [2.45, 2.75) is 31.6 Å². The topological polar surface area (TPSA) is 65.2 Å². The van der Waals surface area contributed by atoms with Gasteiger partial charge in [0.1, 0.15) is 17.2 Å². The second-order valence-electron chi connectivity index (χ2n) is 7.89. The summed E-state index contributed by atoms with van der Waals surface area (Å²) in [5, 5.41) is 1.27. The lowest BCUT2D eigenvalue weighted by Gasteiger charge is -2.33. The quantitative estimate of drug-likeness (QED) is 0.444. The predicted molar refractivity (Wildman–Crippen MR) is 120 cm³/mol. The number of hydrogen-bond acceptors (Lipinski definition) is 5. The van der Waals surface area contributed by atoms with Crippen LogP contribution >= 0.6 is 11.6 Å². The van der Waals surface area contributed by atoms with Crippen molar-refractivity contribution in [2.75, 3.05) is 7.11 Å². The number of benzene rings is 2. The van der Waals surface area contributed by atoms with Crippen LogP contribution in [-0.4, -0.2) is 17.1 Å². The van der Waals surface area contributed by atoms with Crippen molar-refractivity contribution in [3.63, 3.8) is 0 Å². The van der Waals surface area contributed by atoms with E-state index < -0.39 is 0 Å². The molecule has 1 aliphatic carbocycles. The monoisotopic (exact) mass is 432 g/mol. The Labute approximate surface area is 184 Å². The molecule has 2 aromatic heterocycles. The molecule has 31 heavy (non-hydrogen) atoms. The highest BCUT2D eigenvalue weighted by atomic mass is 35.5. The van der Waals surface area contributed by atoms with Gasteiger partial charge in [-0.2, -0.15) is 4.98 Å². The van der Waals surface area contributed by atoms with Crippen molar-refractivity contribution in [2.24, 2.45) is 0 Å². The van der Waals surface area contributed by atoms with Gasteiger partial charge in [0, 0.05) is 22.6 Å². The molecule has 0 bridgehead atoms. The Hall–Kier alpha value is -3.18. The summed E-state index contributed by atoms with van der Waals surface area (Å²) >= 11 is 6.13. The van der Waals surface area contributed by atoms with E-state index in [1.807, 2.05) is 49.4 Å². The van der Waals surface area contributed by atoms with Crippen LogP contribution in [0, 0.1) is 6.92 Å². The summed E-state index contributed by atoms with van der Waals surface area (Å²) in [4.78, 5) is 22.0. The van der Waals surface area contributed by atoms with Gasteiger partial charge in [-0.1, -0.05) is 35.9 Å². The fraction of sp³-hybridized carbons (Fsp3) is 0.240. The molecule has 2 atom stereocenters. The molecule has 156 valence electrons. The maximum atomic E-state index is 12.8. The number of methoxy groups -OCH3 is 1. The number of rotatable bonds is 3. The summed E-state index contributed by atoms with van der Waals surface area (Å²) in [6, 6.07) is 16.8. The molecule has 0 saturated carbocycles. The molecule has 0 spiro atoms. The van der Waals surface area contributed by atoms with Crippen molar-refractivity contribution < 1.29 is 9.15 Å². The zero-order valence-corrected chi connectivity index (χ0v) is 18.0. The van der Waals surface area contributed by atoms with Crippen molar-refractivity contribution >= 4 is 22.6 Å². The maximum Gasteiger partial charge on any atom is 0.219 e. The van der Waals surface area contributed by atoms with E-state index in [1.165, 1.54) is 0 Å². The normalized spacial score (nSPS) is 18.0. The average Bonchev–Trinajstić information content (AvgIpc) is 2.78. The molecule has 6 heteroatoms. The Bertz CT molecular complexity index is 1330. The van der Waals surface area contributed by atoms with Crippen LogP contribution in [0.2, 0.25) is 5.02 Å². The number of aromatic nitrogens is 2. The van der Waals surface area contributed by atoms with E-state index >= 15 is 0 Å². The highest BCUT2D eigenvalue weighted by molar-refractivity contribution is 6.30. The lowest BCUT2D eigenvalue weighted by molar-refractivity contribution is 0.363. The van der Waals surface area contributed by atoms with Crippen LogP contribution in [0.3, 0.4) is 0 Å². The molecule has 0 N–H and O–H groups in total. The van der Waals surface area contributed by atoms with Gasteiger partial charge in [0.25, 0.3) is 0 Å². The first-order chi connectivity index (χ1) is 15.0. The average molecular weight is 433 g/mol. The third kappa shape index (κ3) is 3.59. The zero-order chi connectivity index (χ0) is 21.5. The fourth-order valence-electron chi connectivity index (χ4n) is 4.55. The predicted octanol–water partition coefficient (Wildman–Crippen LogP) is 5.22. The van der Waals surface area contributed by atoms with Gasteiger partial charge in [-0.3, -0.25) is 4.79 Å². The SMILES string of the molecule is COc1nc(C)nc2c1CC(c1cc(=O)c3ccccc3o1)C(c1ccc(Cl)cc1)C2. The van der Waals surface area contributed by atoms with Crippen LogP contribution in [0.4, 0.5) is 0 Å². The third-order valence-electron chi connectivity index (χ3n) is 6.00. The van der Waals surface area contributed by atoms with E-state index in [2.05, 4.69) is 4.98 Å². The summed E-state index contributed by atoms with van der Waals surface area (Å²) < 4.78 is 11.8. The molecule has 0 amide bonds. The van der Waals surface area contributed by atoms with Gasteiger partial charge >= 0.3 is 0 Å². The molecule has 0 fully saturated rings. The largest absolute Gasteiger partial charge is 0.481 e. The summed E-state index contributed by atoms with van der Waals surface area (Å²) in [6.07, 6.45) is 1.31. The van der Waals surface area contributed by atoms with Gasteiger partial charge in [0.05, 0.1) is 18.2 Å². The standard InChI is InChI=1S/C25H21ClN2O3/c1-14-27-21-12-18(15-7-9-16(26)10-8-15)19(11-20(21)25(28-14)30-2)24-13-22(29)17-5-3-4-6-23(17)31-24/h3-10,13,18-19H,11-12H2,1-2H3. The van der Waals surface area contributed by atoms with Gasteiger partial charge in [-0.05, 0) is 55.5 Å². The Morgan fingerprint density at radius 3 is 2.58 bits per heavy atom. The van der Waals surface area contributed by atoms with Crippen molar-refractivity contribution in [1.82, 2.24) is 9.97 Å². The molecule has 0 aliphatic heterocycles. The van der Waals surface area contributed by atoms with E-state index in [0.29, 0.717) is 46.3 Å². The highest BCUT2D eigenvalue weighted by Gasteiger charge is 2.36. The number of nitrogens with zero attached hydrogens (tertiary/aromatic N) is 2. The van der Waals surface area contributed by atoms with Gasteiger partial charge < -0.3 is 9.15 Å². The number of para-hydroxylation sites is 1. The lowest BCUT2D eigenvalue weighted by atomic mass is 9.73. The van der Waals surface area contributed by atoms with E-state index in [1.54, 1.807) is 19.2 Å². The third-order valence-corrected chi connectivity index (χ3v) is 6.25. The Balaban J connectivity index is 1.69. The Morgan fingerprint density at radius 1 is 1.03 bits per heavy atom. The molecule has 4 aromatic rings. The minimum Gasteiger partial charge on any atom is -0.481 e. The summed E-state index contributed by atoms with van der Waals surface area (Å²) in [6.45, 7) is 1.87. The van der Waals surface area contributed by atoms with Crippen LogP contribution in [0.25, 0.3) is 11.0 Å². The molecule has 5 rings (SSSR count). The zero-order valence-electron chi connectivity index (χ0n) is 17.3. The van der Waals surface area contributed by atoms with Crippen LogP contribution in [-0.2, 0) is 12.8 Å². The number of ether oxygens (including phenoxy) is 1. The summed E-state index contributed by atoms with van der Waals surface area (Å²) in [5.74, 6) is 1.95.